The van der Waals surface area contributed by atoms with Gasteiger partial charge in [-0.2, -0.15) is 0 Å². The zero-order chi connectivity index (χ0) is 19.0. The van der Waals surface area contributed by atoms with E-state index in [2.05, 4.69) is 49.7 Å². The maximum absolute atomic E-state index is 10.7. The molecule has 0 atom stereocenters. The summed E-state index contributed by atoms with van der Waals surface area (Å²) < 4.78 is 0. The Kier molecular flexibility index (Phi) is 11.6. The van der Waals surface area contributed by atoms with Crippen LogP contribution in [0.5, 0.6) is 0 Å². The highest BCUT2D eigenvalue weighted by Crippen LogP contribution is 2.21. The molecule has 0 saturated carbocycles. The Morgan fingerprint density at radius 3 is 1.46 bits per heavy atom. The number of carbonyl (C=O) groups is 2. The SMILES string of the molecule is CCCCCCc1cc(C#CC=O)c(CCCCCC)cc1C#CC=O. The molecule has 26 heavy (non-hydrogen) atoms. The normalized spacial score (nSPS) is 9.62. The van der Waals surface area contributed by atoms with Crippen LogP contribution < -0.4 is 0 Å². The van der Waals surface area contributed by atoms with Gasteiger partial charge in [0.05, 0.1) is 0 Å². The average Bonchev–Trinajstić information content (AvgIpc) is 2.66. The Hall–Kier alpha value is -2.32. The molecule has 0 saturated heterocycles. The van der Waals surface area contributed by atoms with Gasteiger partial charge in [0, 0.05) is 11.1 Å². The minimum Gasteiger partial charge on any atom is -0.289 e. The molecule has 0 aliphatic rings. The van der Waals surface area contributed by atoms with Crippen molar-refractivity contribution in [1.82, 2.24) is 0 Å². The lowest BCUT2D eigenvalue weighted by molar-refractivity contribution is -0.104. The first-order valence-corrected chi connectivity index (χ1v) is 9.82. The Labute approximate surface area is 158 Å². The zero-order valence-corrected chi connectivity index (χ0v) is 16.2. The monoisotopic (exact) mass is 350 g/mol. The second kappa shape index (κ2) is 13.9. The van der Waals surface area contributed by atoms with Crippen LogP contribution >= 0.6 is 0 Å². The molecule has 0 aromatic heterocycles. The average molecular weight is 351 g/mol. The Morgan fingerprint density at radius 2 is 1.12 bits per heavy atom. The predicted molar refractivity (Wildman–Crippen MR) is 108 cm³/mol. The fourth-order valence-electron chi connectivity index (χ4n) is 3.03. The Bertz CT molecular complexity index is 631. The van der Waals surface area contributed by atoms with Crippen molar-refractivity contribution < 1.29 is 9.59 Å². The van der Waals surface area contributed by atoms with Gasteiger partial charge in [0.15, 0.2) is 12.6 Å². The minimum atomic E-state index is 0.641. The topological polar surface area (TPSA) is 34.1 Å². The molecule has 2 nitrogen and oxygen atoms in total. The Morgan fingerprint density at radius 1 is 0.692 bits per heavy atom. The van der Waals surface area contributed by atoms with Crippen molar-refractivity contribution in [2.45, 2.75) is 78.1 Å². The molecule has 1 rings (SSSR count). The fraction of sp³-hybridized carbons (Fsp3) is 0.500. The number of aryl methyl sites for hydroxylation is 2. The number of hydrogen-bond donors (Lipinski definition) is 0. The molecule has 0 radical (unpaired) electrons. The first-order chi connectivity index (χ1) is 12.8. The fourth-order valence-corrected chi connectivity index (χ4v) is 3.03. The summed E-state index contributed by atoms with van der Waals surface area (Å²) in [5.41, 5.74) is 4.11. The molecule has 138 valence electrons. The van der Waals surface area contributed by atoms with Crippen LogP contribution in [0, 0.1) is 23.7 Å². The highest BCUT2D eigenvalue weighted by molar-refractivity contribution is 5.75. The van der Waals surface area contributed by atoms with Crippen LogP contribution in [0.25, 0.3) is 0 Å². The highest BCUT2D eigenvalue weighted by atomic mass is 16.1. The largest absolute Gasteiger partial charge is 0.289 e. The standard InChI is InChI=1S/C24H30O2/c1-3-5-7-9-13-21-19-24(16-12-18-26)22(14-10-8-6-4-2)20-23(21)15-11-17-25/h17-20H,3-10,13-14H2,1-2H3. The van der Waals surface area contributed by atoms with Gasteiger partial charge in [0.1, 0.15) is 0 Å². The van der Waals surface area contributed by atoms with Crippen molar-refractivity contribution in [3.8, 4) is 23.7 Å². The third kappa shape index (κ3) is 8.17. The first-order valence-electron chi connectivity index (χ1n) is 9.82. The summed E-state index contributed by atoms with van der Waals surface area (Å²) >= 11 is 0. The molecule has 0 amide bonds. The van der Waals surface area contributed by atoms with E-state index in [0.717, 1.165) is 47.9 Å². The molecule has 0 aliphatic heterocycles. The van der Waals surface area contributed by atoms with Gasteiger partial charge in [-0.3, -0.25) is 9.59 Å². The Balaban J connectivity index is 3.12. The van der Waals surface area contributed by atoms with Crippen molar-refractivity contribution >= 4 is 12.6 Å². The lowest BCUT2D eigenvalue weighted by Crippen LogP contribution is -1.99. The van der Waals surface area contributed by atoms with E-state index in [9.17, 15) is 9.59 Å². The summed E-state index contributed by atoms with van der Waals surface area (Å²) in [5.74, 6) is 11.1. The van der Waals surface area contributed by atoms with Crippen molar-refractivity contribution in [3.05, 3.63) is 34.4 Å². The molecule has 0 unspecified atom stereocenters. The van der Waals surface area contributed by atoms with Crippen molar-refractivity contribution in [3.63, 3.8) is 0 Å². The van der Waals surface area contributed by atoms with Gasteiger partial charge in [-0.25, -0.2) is 0 Å². The van der Waals surface area contributed by atoms with Gasteiger partial charge >= 0.3 is 0 Å². The van der Waals surface area contributed by atoms with Crippen LogP contribution in [0.15, 0.2) is 12.1 Å². The number of aldehydes is 2. The van der Waals surface area contributed by atoms with Gasteiger partial charge < -0.3 is 0 Å². The van der Waals surface area contributed by atoms with E-state index in [1.807, 2.05) is 0 Å². The third-order valence-electron chi connectivity index (χ3n) is 4.46. The molecule has 2 heteroatoms. The molecule has 0 heterocycles. The van der Waals surface area contributed by atoms with E-state index >= 15 is 0 Å². The van der Waals surface area contributed by atoms with E-state index < -0.39 is 0 Å². The molecular weight excluding hydrogens is 320 g/mol. The lowest BCUT2D eigenvalue weighted by Gasteiger charge is -2.11. The lowest BCUT2D eigenvalue weighted by atomic mass is 9.92. The quantitative estimate of drug-likeness (QED) is 0.337. The van der Waals surface area contributed by atoms with Gasteiger partial charge in [-0.15, -0.1) is 0 Å². The molecular formula is C24H30O2. The van der Waals surface area contributed by atoms with E-state index in [0.29, 0.717) is 12.6 Å². The van der Waals surface area contributed by atoms with Crippen molar-refractivity contribution in [2.75, 3.05) is 0 Å². The highest BCUT2D eigenvalue weighted by Gasteiger charge is 2.08. The summed E-state index contributed by atoms with van der Waals surface area (Å²) in [6.45, 7) is 4.39. The minimum absolute atomic E-state index is 0.641. The van der Waals surface area contributed by atoms with Gasteiger partial charge in [-0.05, 0) is 60.8 Å². The van der Waals surface area contributed by atoms with Crippen molar-refractivity contribution in [2.24, 2.45) is 0 Å². The summed E-state index contributed by atoms with van der Waals surface area (Å²) in [5, 5.41) is 0. The summed E-state index contributed by atoms with van der Waals surface area (Å²) in [6.07, 6.45) is 12.5. The second-order valence-electron chi connectivity index (χ2n) is 6.56. The molecule has 0 spiro atoms. The van der Waals surface area contributed by atoms with Gasteiger partial charge in [-0.1, -0.05) is 64.2 Å². The smallest absolute Gasteiger partial charge is 0.193 e. The van der Waals surface area contributed by atoms with Crippen molar-refractivity contribution in [1.29, 1.82) is 0 Å². The molecule has 0 N–H and O–H groups in total. The molecule has 0 fully saturated rings. The van der Waals surface area contributed by atoms with E-state index in [4.69, 9.17) is 0 Å². The van der Waals surface area contributed by atoms with Crippen LogP contribution in [-0.4, -0.2) is 12.6 Å². The molecule has 1 aromatic rings. The molecule has 1 aromatic carbocycles. The van der Waals surface area contributed by atoms with E-state index in [-0.39, 0.29) is 0 Å². The number of rotatable bonds is 10. The second-order valence-corrected chi connectivity index (χ2v) is 6.56. The number of unbranched alkanes of at least 4 members (excludes halogenated alkanes) is 6. The molecule has 0 aliphatic carbocycles. The maximum Gasteiger partial charge on any atom is 0.193 e. The first kappa shape index (κ1) is 21.7. The number of benzene rings is 1. The number of carbonyl (C=O) groups excluding carboxylic acids is 2. The number of hydrogen-bond acceptors (Lipinski definition) is 2. The van der Waals surface area contributed by atoms with Gasteiger partial charge in [0.25, 0.3) is 0 Å². The van der Waals surface area contributed by atoms with E-state index in [1.165, 1.54) is 38.5 Å². The summed E-state index contributed by atoms with van der Waals surface area (Å²) in [7, 11) is 0. The maximum atomic E-state index is 10.7. The molecule has 0 bridgehead atoms. The van der Waals surface area contributed by atoms with Crippen LogP contribution in [0.2, 0.25) is 0 Å². The van der Waals surface area contributed by atoms with E-state index in [1.54, 1.807) is 0 Å². The predicted octanol–water partition coefficient (Wildman–Crippen LogP) is 5.03. The van der Waals surface area contributed by atoms with Crippen LogP contribution in [0.3, 0.4) is 0 Å². The zero-order valence-electron chi connectivity index (χ0n) is 16.2. The van der Waals surface area contributed by atoms with Gasteiger partial charge in [0.2, 0.25) is 0 Å². The summed E-state index contributed by atoms with van der Waals surface area (Å²) in [6, 6.07) is 4.15. The van der Waals surface area contributed by atoms with Crippen LogP contribution in [0.1, 0.15) is 87.5 Å². The summed E-state index contributed by atoms with van der Waals surface area (Å²) in [4.78, 5) is 21.4. The van der Waals surface area contributed by atoms with Crippen LogP contribution in [0.4, 0.5) is 0 Å². The van der Waals surface area contributed by atoms with Crippen LogP contribution in [-0.2, 0) is 22.4 Å². The third-order valence-corrected chi connectivity index (χ3v) is 4.46.